The maximum Gasteiger partial charge on any atom is 0.573 e. The Morgan fingerprint density at radius 1 is 1.06 bits per heavy atom. The minimum absolute atomic E-state index is 0.150. The highest BCUT2D eigenvalue weighted by Crippen LogP contribution is 2.26. The maximum absolute atomic E-state index is 12.3. The summed E-state index contributed by atoms with van der Waals surface area (Å²) in [4.78, 5) is 14.8. The Balaban J connectivity index is 1.40. The lowest BCUT2D eigenvalue weighted by atomic mass is 10.1. The molecule has 1 aliphatic rings. The molecule has 0 N–H and O–H groups in total. The zero-order valence-corrected chi connectivity index (χ0v) is 17.8. The lowest BCUT2D eigenvalue weighted by Crippen LogP contribution is -2.31. The van der Waals surface area contributed by atoms with Crippen LogP contribution < -0.4 is 4.74 Å². The van der Waals surface area contributed by atoms with Crippen LogP contribution in [0, 0.1) is 0 Å². The van der Waals surface area contributed by atoms with Crippen LogP contribution in [0.4, 0.5) is 13.2 Å². The second-order valence-electron chi connectivity index (χ2n) is 7.48. The van der Waals surface area contributed by atoms with Crippen LogP contribution in [0.5, 0.6) is 5.75 Å². The van der Waals surface area contributed by atoms with Crippen molar-refractivity contribution in [1.82, 2.24) is 19.9 Å². The van der Waals surface area contributed by atoms with Gasteiger partial charge in [0.05, 0.1) is 11.4 Å². The van der Waals surface area contributed by atoms with Crippen LogP contribution in [0.15, 0.2) is 53.9 Å². The van der Waals surface area contributed by atoms with Gasteiger partial charge in [-0.2, -0.15) is 0 Å². The molecule has 168 valence electrons. The average Bonchev–Trinajstić information content (AvgIpc) is 2.73. The Bertz CT molecular complexity index is 1210. The van der Waals surface area contributed by atoms with Crippen molar-refractivity contribution in [3.8, 4) is 17.0 Å². The lowest BCUT2D eigenvalue weighted by molar-refractivity contribution is -0.274. The summed E-state index contributed by atoms with van der Waals surface area (Å²) >= 11 is 0. The summed E-state index contributed by atoms with van der Waals surface area (Å²) in [5.74, 6) is -0.282. The van der Waals surface area contributed by atoms with E-state index in [1.165, 1.54) is 24.3 Å². The minimum atomic E-state index is -4.72. The summed E-state index contributed by atoms with van der Waals surface area (Å²) in [7, 11) is -3.44. The Morgan fingerprint density at radius 3 is 2.44 bits per heavy atom. The fourth-order valence-electron chi connectivity index (χ4n) is 3.44. The van der Waals surface area contributed by atoms with Crippen molar-refractivity contribution in [1.29, 1.82) is 0 Å². The van der Waals surface area contributed by atoms with Crippen LogP contribution in [0.3, 0.4) is 0 Å². The van der Waals surface area contributed by atoms with Gasteiger partial charge in [0, 0.05) is 55.8 Å². The third-order valence-electron chi connectivity index (χ3n) is 4.94. The van der Waals surface area contributed by atoms with Gasteiger partial charge in [-0.3, -0.25) is 9.88 Å². The molecule has 0 amide bonds. The van der Waals surface area contributed by atoms with Crippen LogP contribution in [-0.4, -0.2) is 47.4 Å². The van der Waals surface area contributed by atoms with Crippen molar-refractivity contribution in [2.24, 2.45) is 0 Å². The Labute approximate surface area is 182 Å². The number of benzene rings is 1. The van der Waals surface area contributed by atoms with Crippen LogP contribution in [0.25, 0.3) is 11.3 Å². The van der Waals surface area contributed by atoms with Crippen molar-refractivity contribution in [3.63, 3.8) is 0 Å². The number of hydrogen-bond donors (Lipinski definition) is 0. The molecule has 1 aliphatic heterocycles. The monoisotopic (exact) mass is 464 g/mol. The molecular formula is C21H19F3N4O3S. The van der Waals surface area contributed by atoms with Crippen LogP contribution in [0.2, 0.25) is 0 Å². The summed E-state index contributed by atoms with van der Waals surface area (Å²) < 4.78 is 64.0. The zero-order chi connectivity index (χ0) is 22.9. The molecule has 2 aromatic heterocycles. The molecule has 0 radical (unpaired) electrons. The molecule has 0 bridgehead atoms. The van der Waals surface area contributed by atoms with Gasteiger partial charge < -0.3 is 4.74 Å². The SMILES string of the molecule is CS(=O)(=O)c1ncc2c(n1)CCN(Cc1ccc(-c3ccc(OC(F)(F)F)cc3)nc1)C2. The molecule has 0 spiro atoms. The molecule has 4 rings (SSSR count). The average molecular weight is 464 g/mol. The highest BCUT2D eigenvalue weighted by molar-refractivity contribution is 7.90. The minimum Gasteiger partial charge on any atom is -0.406 e. The van der Waals surface area contributed by atoms with E-state index in [1.807, 2.05) is 12.1 Å². The second-order valence-corrected chi connectivity index (χ2v) is 9.39. The van der Waals surface area contributed by atoms with E-state index < -0.39 is 16.2 Å². The van der Waals surface area contributed by atoms with E-state index in [4.69, 9.17) is 0 Å². The van der Waals surface area contributed by atoms with Gasteiger partial charge in [0.25, 0.3) is 0 Å². The largest absolute Gasteiger partial charge is 0.573 e. The normalized spacial score (nSPS) is 14.8. The number of nitrogens with zero attached hydrogens (tertiary/aromatic N) is 4. The van der Waals surface area contributed by atoms with Gasteiger partial charge in [-0.15, -0.1) is 13.2 Å². The number of pyridine rings is 1. The van der Waals surface area contributed by atoms with Gasteiger partial charge in [-0.05, 0) is 35.9 Å². The molecule has 3 aromatic rings. The number of fused-ring (bicyclic) bond motifs is 1. The molecular weight excluding hydrogens is 445 g/mol. The Hall–Kier alpha value is -3.05. The summed E-state index contributed by atoms with van der Waals surface area (Å²) in [6, 6.07) is 9.28. The number of alkyl halides is 3. The Morgan fingerprint density at radius 2 is 1.81 bits per heavy atom. The fourth-order valence-corrected chi connectivity index (χ4v) is 3.96. The van der Waals surface area contributed by atoms with Gasteiger partial charge in [0.1, 0.15) is 5.75 Å². The van der Waals surface area contributed by atoms with Crippen molar-refractivity contribution < 1.29 is 26.3 Å². The molecule has 32 heavy (non-hydrogen) atoms. The van der Waals surface area contributed by atoms with Crippen LogP contribution in [0.1, 0.15) is 16.8 Å². The van der Waals surface area contributed by atoms with E-state index in [-0.39, 0.29) is 10.9 Å². The number of hydrogen-bond acceptors (Lipinski definition) is 7. The molecule has 0 saturated heterocycles. The number of rotatable bonds is 5. The van der Waals surface area contributed by atoms with Crippen molar-refractivity contribution in [2.75, 3.05) is 12.8 Å². The standard InChI is InChI=1S/C21H19F3N4O3S/c1-32(29,30)20-26-11-16-13-28(9-8-19(16)27-20)12-14-2-7-18(25-10-14)15-3-5-17(6-4-15)31-21(22,23)24/h2-7,10-11H,8-9,12-13H2,1H3. The van der Waals surface area contributed by atoms with Gasteiger partial charge in [0.15, 0.2) is 0 Å². The van der Waals surface area contributed by atoms with Gasteiger partial charge in [-0.25, -0.2) is 18.4 Å². The number of halogens is 3. The smallest absolute Gasteiger partial charge is 0.406 e. The zero-order valence-electron chi connectivity index (χ0n) is 17.0. The second kappa shape index (κ2) is 8.47. The first-order valence-corrected chi connectivity index (χ1v) is 11.5. The van der Waals surface area contributed by atoms with E-state index in [1.54, 1.807) is 12.4 Å². The lowest BCUT2D eigenvalue weighted by Gasteiger charge is -2.27. The highest BCUT2D eigenvalue weighted by atomic mass is 32.2. The first-order valence-electron chi connectivity index (χ1n) is 9.65. The van der Waals surface area contributed by atoms with E-state index >= 15 is 0 Å². The number of sulfone groups is 1. The van der Waals surface area contributed by atoms with Crippen LogP contribution >= 0.6 is 0 Å². The van der Waals surface area contributed by atoms with E-state index in [9.17, 15) is 21.6 Å². The number of ether oxygens (including phenoxy) is 1. The summed E-state index contributed by atoms with van der Waals surface area (Å²) in [5, 5.41) is -0.150. The molecule has 7 nitrogen and oxygen atoms in total. The van der Waals surface area contributed by atoms with Crippen molar-refractivity contribution >= 4 is 9.84 Å². The third kappa shape index (κ3) is 5.40. The first-order chi connectivity index (χ1) is 15.1. The fraction of sp³-hybridized carbons (Fsp3) is 0.286. The maximum atomic E-state index is 12.3. The molecule has 0 fully saturated rings. The van der Waals surface area contributed by atoms with Gasteiger partial charge >= 0.3 is 6.36 Å². The predicted octanol–water partition coefficient (Wildman–Crippen LogP) is 3.40. The summed E-state index contributed by atoms with van der Waals surface area (Å²) in [6.07, 6.45) is 0.286. The Kier molecular flexibility index (Phi) is 5.87. The highest BCUT2D eigenvalue weighted by Gasteiger charge is 2.31. The van der Waals surface area contributed by atoms with Crippen molar-refractivity contribution in [3.05, 3.63) is 65.6 Å². The van der Waals surface area contributed by atoms with E-state index in [2.05, 4.69) is 24.6 Å². The third-order valence-corrected chi connectivity index (χ3v) is 5.80. The van der Waals surface area contributed by atoms with Crippen LogP contribution in [-0.2, 0) is 29.3 Å². The molecule has 0 saturated carbocycles. The van der Waals surface area contributed by atoms with Gasteiger partial charge in [-0.1, -0.05) is 6.07 Å². The summed E-state index contributed by atoms with van der Waals surface area (Å²) in [5.41, 5.74) is 3.94. The van der Waals surface area contributed by atoms with Gasteiger partial charge in [0.2, 0.25) is 15.0 Å². The number of aromatic nitrogens is 3. The predicted molar refractivity (Wildman–Crippen MR) is 109 cm³/mol. The molecule has 0 atom stereocenters. The molecule has 3 heterocycles. The quantitative estimate of drug-likeness (QED) is 0.535. The van der Waals surface area contributed by atoms with Crippen molar-refractivity contribution in [2.45, 2.75) is 31.0 Å². The molecule has 0 unspecified atom stereocenters. The molecule has 0 aliphatic carbocycles. The summed E-state index contributed by atoms with van der Waals surface area (Å²) in [6.45, 7) is 1.95. The van der Waals surface area contributed by atoms with E-state index in [0.717, 1.165) is 29.6 Å². The molecule has 11 heteroatoms. The molecule has 1 aromatic carbocycles. The van der Waals surface area contributed by atoms with E-state index in [0.29, 0.717) is 30.8 Å². The topological polar surface area (TPSA) is 85.3 Å². The first kappa shape index (κ1) is 22.2.